The van der Waals surface area contributed by atoms with Crippen LogP contribution in [0.2, 0.25) is 10.0 Å². The second kappa shape index (κ2) is 14.2. The van der Waals surface area contributed by atoms with Crippen molar-refractivity contribution in [2.24, 2.45) is 0 Å². The smallest absolute Gasteiger partial charge is 0.198 e. The van der Waals surface area contributed by atoms with Gasteiger partial charge in [0.25, 0.3) is 0 Å². The minimum atomic E-state index is -0.343. The van der Waals surface area contributed by atoms with E-state index in [1.54, 1.807) is 0 Å². The van der Waals surface area contributed by atoms with Gasteiger partial charge in [-0.1, -0.05) is 138 Å². The van der Waals surface area contributed by atoms with Crippen LogP contribution in [0.15, 0.2) is 120 Å². The molecule has 0 fully saturated rings. The predicted molar refractivity (Wildman–Crippen MR) is 210 cm³/mol. The van der Waals surface area contributed by atoms with Gasteiger partial charge in [-0.3, -0.25) is 9.59 Å². The van der Waals surface area contributed by atoms with Crippen LogP contribution in [-0.2, 0) is 10.8 Å². The number of para-hydroxylation sites is 2. The highest BCUT2D eigenvalue weighted by Gasteiger charge is 2.41. The third kappa shape index (κ3) is 6.22. The van der Waals surface area contributed by atoms with E-state index in [2.05, 4.69) is 112 Å². The Morgan fingerprint density at radius 3 is 1.46 bits per heavy atom. The van der Waals surface area contributed by atoms with Gasteiger partial charge in [0, 0.05) is 57.8 Å². The number of halogens is 2. The number of ketones is 2. The molecule has 0 spiro atoms. The largest absolute Gasteiger partial charge is 0.344 e. The van der Waals surface area contributed by atoms with Crippen LogP contribution in [-0.4, -0.2) is 24.7 Å². The summed E-state index contributed by atoms with van der Waals surface area (Å²) in [7, 11) is 0. The second-order valence-corrected chi connectivity index (χ2v) is 15.2. The number of carbonyl (C=O) groups excluding carboxylic acids is 2. The van der Waals surface area contributed by atoms with Gasteiger partial charge in [0.15, 0.2) is 11.6 Å². The van der Waals surface area contributed by atoms with E-state index in [1.807, 2.05) is 24.3 Å². The molecule has 6 heteroatoms. The molecule has 0 amide bonds. The van der Waals surface area contributed by atoms with Crippen LogP contribution >= 0.6 is 23.2 Å². The zero-order valence-electron chi connectivity index (χ0n) is 29.9. The number of hydrogen-bond acceptors (Lipinski definition) is 4. The number of hydrogen-bond donors (Lipinski definition) is 0. The summed E-state index contributed by atoms with van der Waals surface area (Å²) in [5.74, 6) is -0.686. The Morgan fingerprint density at radius 2 is 1.06 bits per heavy atom. The van der Waals surface area contributed by atoms with E-state index < -0.39 is 0 Å². The van der Waals surface area contributed by atoms with Gasteiger partial charge in [-0.15, -0.1) is 0 Å². The molecule has 4 nitrogen and oxygen atoms in total. The molecule has 6 rings (SSSR count). The zero-order chi connectivity index (χ0) is 35.8. The van der Waals surface area contributed by atoms with Gasteiger partial charge in [-0.05, 0) is 66.0 Å². The van der Waals surface area contributed by atoms with Crippen LogP contribution in [0.1, 0.15) is 99.1 Å². The summed E-state index contributed by atoms with van der Waals surface area (Å²) in [5, 5.41) is 0.501. The maximum Gasteiger partial charge on any atom is 0.198 e. The Labute approximate surface area is 307 Å². The van der Waals surface area contributed by atoms with Crippen molar-refractivity contribution in [1.82, 2.24) is 0 Å². The molecule has 3 aromatic rings. The van der Waals surface area contributed by atoms with E-state index in [1.165, 1.54) is 46.0 Å². The summed E-state index contributed by atoms with van der Waals surface area (Å²) in [5.41, 5.74) is 8.21. The monoisotopic (exact) mass is 704 g/mol. The van der Waals surface area contributed by atoms with Gasteiger partial charge in [0.2, 0.25) is 0 Å². The van der Waals surface area contributed by atoms with Crippen LogP contribution in [0.25, 0.3) is 0 Å². The first-order valence-electron chi connectivity index (χ1n) is 17.8. The molecule has 0 saturated heterocycles. The van der Waals surface area contributed by atoms with Crippen molar-refractivity contribution in [3.05, 3.63) is 152 Å². The molecule has 2 aliphatic heterocycles. The molecule has 0 saturated carbocycles. The molecule has 0 unspecified atom stereocenters. The van der Waals surface area contributed by atoms with Crippen molar-refractivity contribution in [2.75, 3.05) is 22.9 Å². The molecule has 2 heterocycles. The zero-order valence-corrected chi connectivity index (χ0v) is 31.5. The minimum absolute atomic E-state index is 0.122. The first-order chi connectivity index (χ1) is 23.9. The van der Waals surface area contributed by atoms with Crippen molar-refractivity contribution < 1.29 is 9.59 Å². The third-order valence-electron chi connectivity index (χ3n) is 10.4. The summed E-state index contributed by atoms with van der Waals surface area (Å²) in [6.45, 7) is 15.3. The van der Waals surface area contributed by atoms with Crippen molar-refractivity contribution >= 4 is 46.1 Å². The van der Waals surface area contributed by atoms with Crippen LogP contribution in [0.4, 0.5) is 11.4 Å². The molecule has 0 aromatic heterocycles. The van der Waals surface area contributed by atoms with Gasteiger partial charge in [-0.2, -0.15) is 0 Å². The predicted octanol–water partition coefficient (Wildman–Crippen LogP) is 11.7. The average Bonchev–Trinajstić information content (AvgIpc) is 3.56. The number of anilines is 2. The Balaban J connectivity index is 1.44. The molecular weight excluding hydrogens is 659 g/mol. The van der Waals surface area contributed by atoms with E-state index in [4.69, 9.17) is 23.2 Å². The number of unbranched alkanes of at least 4 members (excludes halogenated alkanes) is 2. The van der Waals surface area contributed by atoms with Crippen molar-refractivity contribution in [3.63, 3.8) is 0 Å². The fourth-order valence-corrected chi connectivity index (χ4v) is 7.99. The van der Waals surface area contributed by atoms with Crippen LogP contribution < -0.4 is 9.80 Å². The van der Waals surface area contributed by atoms with E-state index in [0.717, 1.165) is 38.8 Å². The van der Waals surface area contributed by atoms with Gasteiger partial charge >= 0.3 is 0 Å². The molecule has 3 aliphatic rings. The Kier molecular flexibility index (Phi) is 10.2. The van der Waals surface area contributed by atoms with Crippen LogP contribution in [0, 0.1) is 0 Å². The Bertz CT molecular complexity index is 1870. The highest BCUT2D eigenvalue weighted by molar-refractivity contribution is 6.45. The van der Waals surface area contributed by atoms with Gasteiger partial charge < -0.3 is 9.80 Å². The number of carbonyl (C=O) groups is 2. The van der Waals surface area contributed by atoms with Gasteiger partial charge in [-0.25, -0.2) is 0 Å². The number of rotatable bonds is 10. The highest BCUT2D eigenvalue weighted by atomic mass is 35.5. The van der Waals surface area contributed by atoms with E-state index >= 15 is 0 Å². The number of fused-ring (bicyclic) bond motifs is 3. The minimum Gasteiger partial charge on any atom is -0.344 e. The molecule has 50 heavy (non-hydrogen) atoms. The SMILES string of the molecule is CCCCN1/C(=C\C=C\C(/C=C/C=C2/N(CCCC)c3ccccc3C2(C)C)=C2C(=O)c3cc(Cl)c(Cl)cc3C2=O)C(C)(C)c2ccccc21. The van der Waals surface area contributed by atoms with E-state index in [9.17, 15) is 9.59 Å². The standard InChI is InChI=1S/C44H46Cl2N2O2/c1-7-9-25-47-36-21-13-11-19-32(36)43(3,4)38(47)23-15-17-29(40-41(49)30-27-34(45)35(46)28-31(30)42(40)50)18-16-24-39-44(5,6)33-20-12-14-22-37(33)48(39)26-10-8-2/h11-24,27-28H,7-10,25-26H2,1-6H3/b17-15+,18-16+,38-23-,39-24+. The summed E-state index contributed by atoms with van der Waals surface area (Å²) in [6, 6.07) is 20.2. The lowest BCUT2D eigenvalue weighted by Gasteiger charge is -2.27. The Morgan fingerprint density at radius 1 is 0.660 bits per heavy atom. The van der Waals surface area contributed by atoms with E-state index in [-0.39, 0.29) is 49.1 Å². The average molecular weight is 706 g/mol. The van der Waals surface area contributed by atoms with E-state index in [0.29, 0.717) is 5.57 Å². The summed E-state index contributed by atoms with van der Waals surface area (Å²) >= 11 is 12.6. The molecule has 0 N–H and O–H groups in total. The molecule has 0 atom stereocenters. The fraction of sp³-hybridized carbons (Fsp3) is 0.318. The lowest BCUT2D eigenvalue weighted by Crippen LogP contribution is -2.26. The number of Topliss-reactive ketones (excluding diaryl/α,β-unsaturated/α-hetero) is 2. The number of allylic oxidation sites excluding steroid dienone is 10. The lowest BCUT2D eigenvalue weighted by atomic mass is 9.83. The van der Waals surface area contributed by atoms with Gasteiger partial charge in [0.1, 0.15) is 0 Å². The molecule has 258 valence electrons. The topological polar surface area (TPSA) is 40.6 Å². The first kappa shape index (κ1) is 35.7. The third-order valence-corrected chi connectivity index (χ3v) is 11.1. The molecule has 1 aliphatic carbocycles. The summed E-state index contributed by atoms with van der Waals surface area (Å²) < 4.78 is 0. The maximum absolute atomic E-state index is 13.9. The normalized spacial score (nSPS) is 19.1. The summed E-state index contributed by atoms with van der Waals surface area (Å²) in [4.78, 5) is 32.6. The molecule has 0 radical (unpaired) electrons. The highest BCUT2D eigenvalue weighted by Crippen LogP contribution is 2.49. The van der Waals surface area contributed by atoms with Crippen LogP contribution in [0.3, 0.4) is 0 Å². The first-order valence-corrected chi connectivity index (χ1v) is 18.5. The van der Waals surface area contributed by atoms with Crippen molar-refractivity contribution in [2.45, 2.75) is 78.1 Å². The van der Waals surface area contributed by atoms with Crippen molar-refractivity contribution in [3.8, 4) is 0 Å². The number of nitrogens with zero attached hydrogens (tertiary/aromatic N) is 2. The number of benzene rings is 3. The lowest BCUT2D eigenvalue weighted by molar-refractivity contribution is 0.0988. The van der Waals surface area contributed by atoms with Gasteiger partial charge in [0.05, 0.1) is 15.6 Å². The molecule has 3 aromatic carbocycles. The fourth-order valence-electron chi connectivity index (χ4n) is 7.66. The quantitative estimate of drug-likeness (QED) is 0.156. The Hall–Kier alpha value is -4.12. The summed E-state index contributed by atoms with van der Waals surface area (Å²) in [6.07, 6.45) is 16.3. The molecular formula is C44H46Cl2N2O2. The maximum atomic E-state index is 13.9. The molecule has 0 bridgehead atoms. The van der Waals surface area contributed by atoms with Crippen molar-refractivity contribution in [1.29, 1.82) is 0 Å². The van der Waals surface area contributed by atoms with Crippen LogP contribution in [0.5, 0.6) is 0 Å². The second-order valence-electron chi connectivity index (χ2n) is 14.4.